The minimum absolute atomic E-state index is 0.198. The SMILES string of the molecule is O=C(CN1C(=O)S/C(=C/c2ccc(N3CCOCC3)cc2)C1=O)N1CCN(c2ccccc2)CC1. The van der Waals surface area contributed by atoms with Crippen LogP contribution in [0.4, 0.5) is 16.2 Å². The largest absolute Gasteiger partial charge is 0.378 e. The summed E-state index contributed by atoms with van der Waals surface area (Å²) in [6.45, 7) is 5.50. The van der Waals surface area contributed by atoms with Gasteiger partial charge in [0.15, 0.2) is 0 Å². The Balaban J connectivity index is 1.17. The molecule has 0 unspecified atom stereocenters. The van der Waals surface area contributed by atoms with Crippen molar-refractivity contribution in [2.24, 2.45) is 0 Å². The number of hydrogen-bond acceptors (Lipinski definition) is 7. The molecule has 0 N–H and O–H groups in total. The molecule has 0 saturated carbocycles. The number of amides is 3. The molecule has 0 atom stereocenters. The van der Waals surface area contributed by atoms with Gasteiger partial charge >= 0.3 is 0 Å². The summed E-state index contributed by atoms with van der Waals surface area (Å²) in [7, 11) is 0. The van der Waals surface area contributed by atoms with E-state index >= 15 is 0 Å². The number of nitrogens with zero attached hydrogens (tertiary/aromatic N) is 4. The van der Waals surface area contributed by atoms with Gasteiger partial charge in [-0.05, 0) is 47.7 Å². The average Bonchev–Trinajstić information content (AvgIpc) is 3.17. The highest BCUT2D eigenvalue weighted by atomic mass is 32.2. The molecule has 3 amide bonds. The van der Waals surface area contributed by atoms with Gasteiger partial charge in [0.25, 0.3) is 11.1 Å². The van der Waals surface area contributed by atoms with Crippen LogP contribution in [0.15, 0.2) is 59.5 Å². The van der Waals surface area contributed by atoms with Gasteiger partial charge in [0, 0.05) is 50.6 Å². The van der Waals surface area contributed by atoms with Gasteiger partial charge in [0.05, 0.1) is 18.1 Å². The maximum absolute atomic E-state index is 12.9. The first kappa shape index (κ1) is 23.4. The molecule has 35 heavy (non-hydrogen) atoms. The van der Waals surface area contributed by atoms with Crippen molar-refractivity contribution >= 4 is 46.3 Å². The molecule has 2 aromatic rings. The van der Waals surface area contributed by atoms with E-state index in [0.29, 0.717) is 18.0 Å². The van der Waals surface area contributed by atoms with Gasteiger partial charge in [-0.1, -0.05) is 30.3 Å². The van der Waals surface area contributed by atoms with Gasteiger partial charge in [0.2, 0.25) is 5.91 Å². The zero-order chi connectivity index (χ0) is 24.2. The highest BCUT2D eigenvalue weighted by molar-refractivity contribution is 8.18. The molecule has 0 aromatic heterocycles. The Morgan fingerprint density at radius 1 is 0.829 bits per heavy atom. The number of hydrogen-bond donors (Lipinski definition) is 0. The van der Waals surface area contributed by atoms with Gasteiger partial charge in [0.1, 0.15) is 6.54 Å². The monoisotopic (exact) mass is 492 g/mol. The Hall–Kier alpha value is -3.30. The summed E-state index contributed by atoms with van der Waals surface area (Å²) in [5.41, 5.74) is 3.08. The first-order valence-electron chi connectivity index (χ1n) is 11.8. The van der Waals surface area contributed by atoms with Crippen LogP contribution < -0.4 is 9.80 Å². The molecular formula is C26H28N4O4S. The molecular weight excluding hydrogens is 464 g/mol. The number of para-hydroxylation sites is 1. The van der Waals surface area contributed by atoms with Crippen LogP contribution in [-0.2, 0) is 14.3 Å². The highest BCUT2D eigenvalue weighted by Gasteiger charge is 2.37. The first-order valence-corrected chi connectivity index (χ1v) is 12.7. The molecule has 3 heterocycles. The normalized spacial score (nSPS) is 20.2. The van der Waals surface area contributed by atoms with Crippen molar-refractivity contribution in [3.8, 4) is 0 Å². The van der Waals surface area contributed by atoms with Crippen LogP contribution >= 0.6 is 11.8 Å². The van der Waals surface area contributed by atoms with Crippen LogP contribution in [0.5, 0.6) is 0 Å². The summed E-state index contributed by atoms with van der Waals surface area (Å²) in [5, 5.41) is -0.401. The van der Waals surface area contributed by atoms with Crippen molar-refractivity contribution in [2.45, 2.75) is 0 Å². The lowest BCUT2D eigenvalue weighted by atomic mass is 10.1. The number of imide groups is 1. The van der Waals surface area contributed by atoms with Gasteiger partial charge < -0.3 is 19.4 Å². The minimum Gasteiger partial charge on any atom is -0.378 e. The first-order chi connectivity index (χ1) is 17.1. The van der Waals surface area contributed by atoms with E-state index in [4.69, 9.17) is 4.74 Å². The third kappa shape index (κ3) is 5.36. The molecule has 5 rings (SSSR count). The number of morpholine rings is 1. The minimum atomic E-state index is -0.409. The van der Waals surface area contributed by atoms with Gasteiger partial charge in [-0.3, -0.25) is 19.3 Å². The van der Waals surface area contributed by atoms with Crippen molar-refractivity contribution in [2.75, 3.05) is 68.8 Å². The summed E-state index contributed by atoms with van der Waals surface area (Å²) in [4.78, 5) is 45.9. The molecule has 8 nitrogen and oxygen atoms in total. The molecule has 3 fully saturated rings. The van der Waals surface area contributed by atoms with E-state index in [-0.39, 0.29) is 12.5 Å². The molecule has 182 valence electrons. The van der Waals surface area contributed by atoms with Gasteiger partial charge in [-0.2, -0.15) is 0 Å². The van der Waals surface area contributed by atoms with E-state index in [2.05, 4.69) is 21.9 Å². The Labute approximate surface area is 209 Å². The second kappa shape index (κ2) is 10.5. The van der Waals surface area contributed by atoms with Crippen molar-refractivity contribution in [1.82, 2.24) is 9.80 Å². The van der Waals surface area contributed by atoms with Gasteiger partial charge in [-0.15, -0.1) is 0 Å². The van der Waals surface area contributed by atoms with Crippen LogP contribution in [0.2, 0.25) is 0 Å². The lowest BCUT2D eigenvalue weighted by Crippen LogP contribution is -2.51. The summed E-state index contributed by atoms with van der Waals surface area (Å²) >= 11 is 0.888. The van der Waals surface area contributed by atoms with Crippen LogP contribution in [-0.4, -0.2) is 85.9 Å². The second-order valence-electron chi connectivity index (χ2n) is 8.66. The zero-order valence-electron chi connectivity index (χ0n) is 19.5. The Morgan fingerprint density at radius 3 is 2.14 bits per heavy atom. The maximum atomic E-state index is 12.9. The van der Waals surface area contributed by atoms with E-state index < -0.39 is 11.1 Å². The Morgan fingerprint density at radius 2 is 1.46 bits per heavy atom. The second-order valence-corrected chi connectivity index (χ2v) is 9.66. The third-order valence-electron chi connectivity index (χ3n) is 6.49. The number of benzene rings is 2. The average molecular weight is 493 g/mol. The van der Waals surface area contributed by atoms with Crippen molar-refractivity contribution in [3.63, 3.8) is 0 Å². The van der Waals surface area contributed by atoms with E-state index in [9.17, 15) is 14.4 Å². The number of rotatable bonds is 5. The fourth-order valence-electron chi connectivity index (χ4n) is 4.48. The topological polar surface area (TPSA) is 73.4 Å². The standard InChI is InChI=1S/C26H28N4O4S/c31-24(29-12-10-27(11-13-29)21-4-2-1-3-5-21)19-30-25(32)23(35-26(30)33)18-20-6-8-22(9-7-20)28-14-16-34-17-15-28/h1-9,18H,10-17,19H2/b23-18+. The molecule has 2 aromatic carbocycles. The predicted octanol–water partition coefficient (Wildman–Crippen LogP) is 2.91. The predicted molar refractivity (Wildman–Crippen MR) is 137 cm³/mol. The lowest BCUT2D eigenvalue weighted by Gasteiger charge is -2.36. The van der Waals surface area contributed by atoms with Crippen molar-refractivity contribution in [3.05, 3.63) is 65.1 Å². The van der Waals surface area contributed by atoms with E-state index in [1.807, 2.05) is 42.5 Å². The van der Waals surface area contributed by atoms with Crippen LogP contribution in [0.3, 0.4) is 0 Å². The molecule has 3 saturated heterocycles. The highest BCUT2D eigenvalue weighted by Crippen LogP contribution is 2.32. The molecule has 3 aliphatic heterocycles. The Bertz CT molecular complexity index is 1110. The molecule has 0 bridgehead atoms. The fourth-order valence-corrected chi connectivity index (χ4v) is 5.32. The van der Waals surface area contributed by atoms with Crippen LogP contribution in [0.25, 0.3) is 6.08 Å². The number of piperazine rings is 1. The summed E-state index contributed by atoms with van der Waals surface area (Å²) in [5.74, 6) is -0.607. The van der Waals surface area contributed by atoms with Crippen LogP contribution in [0.1, 0.15) is 5.56 Å². The molecule has 0 aliphatic carbocycles. The van der Waals surface area contributed by atoms with Crippen LogP contribution in [0, 0.1) is 0 Å². The number of ether oxygens (including phenoxy) is 1. The third-order valence-corrected chi connectivity index (χ3v) is 7.40. The van der Waals surface area contributed by atoms with E-state index in [1.165, 1.54) is 0 Å². The molecule has 3 aliphatic rings. The summed E-state index contributed by atoms with van der Waals surface area (Å²) < 4.78 is 5.40. The van der Waals surface area contributed by atoms with Crippen molar-refractivity contribution in [1.29, 1.82) is 0 Å². The lowest BCUT2D eigenvalue weighted by molar-refractivity contribution is -0.136. The number of carbonyl (C=O) groups is 3. The number of thioether (sulfide) groups is 1. The molecule has 9 heteroatoms. The van der Waals surface area contributed by atoms with Gasteiger partial charge in [-0.25, -0.2) is 0 Å². The number of carbonyl (C=O) groups excluding carboxylic acids is 3. The molecule has 0 radical (unpaired) electrons. The van der Waals surface area contributed by atoms with Crippen molar-refractivity contribution < 1.29 is 19.1 Å². The maximum Gasteiger partial charge on any atom is 0.294 e. The summed E-state index contributed by atoms with van der Waals surface area (Å²) in [6.07, 6.45) is 1.72. The Kier molecular flexibility index (Phi) is 7.06. The number of anilines is 2. The zero-order valence-corrected chi connectivity index (χ0v) is 20.3. The molecule has 0 spiro atoms. The smallest absolute Gasteiger partial charge is 0.294 e. The quantitative estimate of drug-likeness (QED) is 0.595. The van der Waals surface area contributed by atoms with E-state index in [0.717, 1.165) is 73.0 Å². The van der Waals surface area contributed by atoms with E-state index in [1.54, 1.807) is 11.0 Å². The fraction of sp³-hybridized carbons (Fsp3) is 0.346. The summed E-state index contributed by atoms with van der Waals surface area (Å²) in [6, 6.07) is 18.0.